The van der Waals surface area contributed by atoms with E-state index in [1.807, 2.05) is 30.3 Å². The van der Waals surface area contributed by atoms with Crippen LogP contribution in [0, 0.1) is 0 Å². The SMILES string of the molecule is COC(=O)Cn1c(=NC(=O)c2cccc(SC(C)C)c2)sc2cc(C(C)C)ccc21. The number of amides is 1. The van der Waals surface area contributed by atoms with Gasteiger partial charge in [0.05, 0.1) is 17.3 Å². The van der Waals surface area contributed by atoms with Crippen molar-refractivity contribution in [3.05, 3.63) is 58.4 Å². The summed E-state index contributed by atoms with van der Waals surface area (Å²) < 4.78 is 7.58. The Kier molecular flexibility index (Phi) is 7.15. The van der Waals surface area contributed by atoms with Crippen molar-refractivity contribution < 1.29 is 14.3 Å². The van der Waals surface area contributed by atoms with Crippen LogP contribution in [-0.2, 0) is 16.1 Å². The van der Waals surface area contributed by atoms with Gasteiger partial charge in [-0.05, 0) is 41.8 Å². The molecule has 0 bridgehead atoms. The molecule has 7 heteroatoms. The number of nitrogens with zero attached hydrogens (tertiary/aromatic N) is 2. The van der Waals surface area contributed by atoms with Crippen LogP contribution in [0.5, 0.6) is 0 Å². The van der Waals surface area contributed by atoms with Crippen molar-refractivity contribution in [2.24, 2.45) is 4.99 Å². The number of fused-ring (bicyclic) bond motifs is 1. The number of thiazole rings is 1. The number of hydrogen-bond donors (Lipinski definition) is 0. The molecular weight excluding hydrogens is 416 g/mol. The summed E-state index contributed by atoms with van der Waals surface area (Å²) in [5.41, 5.74) is 2.60. The molecule has 0 aliphatic heterocycles. The first kappa shape index (κ1) is 22.3. The summed E-state index contributed by atoms with van der Waals surface area (Å²) in [6.45, 7) is 8.50. The fourth-order valence-corrected chi connectivity index (χ4v) is 4.98. The molecule has 0 radical (unpaired) electrons. The molecule has 0 fully saturated rings. The van der Waals surface area contributed by atoms with Gasteiger partial charge in [-0.2, -0.15) is 4.99 Å². The van der Waals surface area contributed by atoms with E-state index in [-0.39, 0.29) is 18.4 Å². The zero-order valence-corrected chi connectivity index (χ0v) is 19.5. The molecule has 0 N–H and O–H groups in total. The number of esters is 1. The van der Waals surface area contributed by atoms with Gasteiger partial charge in [-0.1, -0.05) is 51.2 Å². The minimum Gasteiger partial charge on any atom is -0.468 e. The van der Waals surface area contributed by atoms with Gasteiger partial charge in [0, 0.05) is 15.7 Å². The smallest absolute Gasteiger partial charge is 0.325 e. The van der Waals surface area contributed by atoms with Crippen LogP contribution in [0.15, 0.2) is 52.4 Å². The molecule has 3 rings (SSSR count). The van der Waals surface area contributed by atoms with Gasteiger partial charge in [-0.15, -0.1) is 11.8 Å². The molecule has 5 nitrogen and oxygen atoms in total. The van der Waals surface area contributed by atoms with Crippen LogP contribution in [-0.4, -0.2) is 28.8 Å². The van der Waals surface area contributed by atoms with Crippen molar-refractivity contribution in [1.29, 1.82) is 0 Å². The second-order valence-corrected chi connectivity index (χ2v) is 10.2. The van der Waals surface area contributed by atoms with Crippen LogP contribution < -0.4 is 4.80 Å². The molecule has 0 aliphatic rings. The molecule has 0 unspecified atom stereocenters. The molecule has 0 saturated carbocycles. The third-order valence-electron chi connectivity index (χ3n) is 4.54. The Hall–Kier alpha value is -2.38. The lowest BCUT2D eigenvalue weighted by atomic mass is 10.0. The summed E-state index contributed by atoms with van der Waals surface area (Å²) in [5, 5.41) is 0.423. The number of thioether (sulfide) groups is 1. The second kappa shape index (κ2) is 9.62. The summed E-state index contributed by atoms with van der Waals surface area (Å²) in [7, 11) is 1.36. The maximum atomic E-state index is 12.9. The average molecular weight is 443 g/mol. The summed E-state index contributed by atoms with van der Waals surface area (Å²) in [5.74, 6) is -0.323. The highest BCUT2D eigenvalue weighted by molar-refractivity contribution is 7.99. The van der Waals surface area contributed by atoms with Crippen molar-refractivity contribution in [2.45, 2.75) is 50.3 Å². The summed E-state index contributed by atoms with van der Waals surface area (Å²) in [6.07, 6.45) is 0. The van der Waals surface area contributed by atoms with E-state index in [2.05, 4.69) is 38.8 Å². The van der Waals surface area contributed by atoms with Crippen molar-refractivity contribution in [1.82, 2.24) is 4.57 Å². The number of hydrogen-bond acceptors (Lipinski definition) is 5. The van der Waals surface area contributed by atoms with Crippen molar-refractivity contribution in [3.63, 3.8) is 0 Å². The van der Waals surface area contributed by atoms with Crippen molar-refractivity contribution in [2.75, 3.05) is 7.11 Å². The normalized spacial score (nSPS) is 12.2. The standard InChI is InChI=1S/C23H26N2O3S2/c1-14(2)16-9-10-19-20(12-16)30-23(25(19)13-21(26)28-5)24-22(27)17-7-6-8-18(11-17)29-15(3)4/h6-12,14-15H,13H2,1-5H3. The Morgan fingerprint density at radius 1 is 1.13 bits per heavy atom. The molecule has 0 spiro atoms. The van der Waals surface area contributed by atoms with E-state index < -0.39 is 0 Å². The minimum atomic E-state index is -0.383. The lowest BCUT2D eigenvalue weighted by Gasteiger charge is -2.07. The molecule has 3 aromatic rings. The van der Waals surface area contributed by atoms with Crippen LogP contribution >= 0.6 is 23.1 Å². The molecule has 0 saturated heterocycles. The zero-order chi connectivity index (χ0) is 21.8. The fourth-order valence-electron chi connectivity index (χ4n) is 3.01. The largest absolute Gasteiger partial charge is 0.468 e. The third-order valence-corrected chi connectivity index (χ3v) is 6.58. The maximum Gasteiger partial charge on any atom is 0.325 e. The van der Waals surface area contributed by atoms with Crippen molar-refractivity contribution in [3.8, 4) is 0 Å². The molecule has 2 aromatic carbocycles. The average Bonchev–Trinajstić information content (AvgIpc) is 3.03. The Morgan fingerprint density at radius 2 is 1.90 bits per heavy atom. The Morgan fingerprint density at radius 3 is 2.57 bits per heavy atom. The Bertz CT molecular complexity index is 1140. The van der Waals surface area contributed by atoms with E-state index in [4.69, 9.17) is 4.74 Å². The van der Waals surface area contributed by atoms with E-state index in [0.29, 0.717) is 21.5 Å². The van der Waals surface area contributed by atoms with E-state index in [1.54, 1.807) is 22.4 Å². The number of ether oxygens (including phenoxy) is 1. The highest BCUT2D eigenvalue weighted by Crippen LogP contribution is 2.25. The predicted octanol–water partition coefficient (Wildman–Crippen LogP) is 5.24. The van der Waals surface area contributed by atoms with Gasteiger partial charge < -0.3 is 9.30 Å². The zero-order valence-electron chi connectivity index (χ0n) is 17.8. The first-order chi connectivity index (χ1) is 14.3. The van der Waals surface area contributed by atoms with Crippen LogP contribution in [0.4, 0.5) is 0 Å². The van der Waals surface area contributed by atoms with Gasteiger partial charge >= 0.3 is 5.97 Å². The molecular formula is C23H26N2O3S2. The molecule has 1 aromatic heterocycles. The van der Waals surface area contributed by atoms with E-state index in [1.165, 1.54) is 24.0 Å². The van der Waals surface area contributed by atoms with Gasteiger partial charge in [0.1, 0.15) is 6.54 Å². The molecule has 1 heterocycles. The highest BCUT2D eigenvalue weighted by atomic mass is 32.2. The lowest BCUT2D eigenvalue weighted by Crippen LogP contribution is -2.22. The van der Waals surface area contributed by atoms with E-state index in [9.17, 15) is 9.59 Å². The number of methoxy groups -OCH3 is 1. The molecule has 30 heavy (non-hydrogen) atoms. The third kappa shape index (κ3) is 5.21. The van der Waals surface area contributed by atoms with Gasteiger partial charge in [-0.3, -0.25) is 9.59 Å². The summed E-state index contributed by atoms with van der Waals surface area (Å²) in [6, 6.07) is 13.6. The molecule has 0 aliphatic carbocycles. The van der Waals surface area contributed by atoms with Crippen LogP contribution in [0.1, 0.15) is 49.5 Å². The number of carbonyl (C=O) groups is 2. The highest BCUT2D eigenvalue weighted by Gasteiger charge is 2.14. The van der Waals surface area contributed by atoms with Gasteiger partial charge in [0.2, 0.25) is 0 Å². The predicted molar refractivity (Wildman–Crippen MR) is 123 cm³/mol. The van der Waals surface area contributed by atoms with E-state index >= 15 is 0 Å². The lowest BCUT2D eigenvalue weighted by molar-refractivity contribution is -0.141. The Labute approximate surface area is 184 Å². The summed E-state index contributed by atoms with van der Waals surface area (Å²) in [4.78, 5) is 30.8. The van der Waals surface area contributed by atoms with E-state index in [0.717, 1.165) is 15.1 Å². The summed E-state index contributed by atoms with van der Waals surface area (Å²) >= 11 is 3.11. The fraction of sp³-hybridized carbons (Fsp3) is 0.348. The molecule has 158 valence electrons. The quantitative estimate of drug-likeness (QED) is 0.387. The van der Waals surface area contributed by atoms with Crippen molar-refractivity contribution >= 4 is 45.2 Å². The maximum absolute atomic E-state index is 12.9. The molecule has 0 atom stereocenters. The number of aromatic nitrogens is 1. The number of benzene rings is 2. The Balaban J connectivity index is 2.08. The van der Waals surface area contributed by atoms with Crippen LogP contribution in [0.3, 0.4) is 0 Å². The number of carbonyl (C=O) groups excluding carboxylic acids is 2. The topological polar surface area (TPSA) is 60.7 Å². The minimum absolute atomic E-state index is 0.00682. The first-order valence-electron chi connectivity index (χ1n) is 9.84. The van der Waals surface area contributed by atoms with Crippen LogP contribution in [0.25, 0.3) is 10.2 Å². The molecule has 1 amide bonds. The first-order valence-corrected chi connectivity index (χ1v) is 11.5. The second-order valence-electron chi connectivity index (χ2n) is 7.54. The van der Waals surface area contributed by atoms with Gasteiger partial charge in [0.25, 0.3) is 5.91 Å². The van der Waals surface area contributed by atoms with Crippen LogP contribution in [0.2, 0.25) is 0 Å². The number of rotatable bonds is 6. The monoisotopic (exact) mass is 442 g/mol. The van der Waals surface area contributed by atoms with Gasteiger partial charge in [0.15, 0.2) is 4.80 Å². The van der Waals surface area contributed by atoms with Gasteiger partial charge in [-0.25, -0.2) is 0 Å².